The maximum absolute atomic E-state index is 12.1. The Labute approximate surface area is 144 Å². The highest BCUT2D eigenvalue weighted by molar-refractivity contribution is 9.10. The molecule has 0 radical (unpaired) electrons. The Morgan fingerprint density at radius 3 is 2.09 bits per heavy atom. The molecule has 0 aliphatic rings. The smallest absolute Gasteiger partial charge is 0.255 e. The summed E-state index contributed by atoms with van der Waals surface area (Å²) in [5, 5.41) is 2.75. The van der Waals surface area contributed by atoms with Gasteiger partial charge in [-0.3, -0.25) is 4.79 Å². The van der Waals surface area contributed by atoms with Gasteiger partial charge in [0, 0.05) is 21.8 Å². The van der Waals surface area contributed by atoms with Crippen LogP contribution in [0.25, 0.3) is 0 Å². The molecule has 2 aromatic carbocycles. The molecular weight excluding hydrogens is 380 g/mol. The maximum atomic E-state index is 12.1. The summed E-state index contributed by atoms with van der Waals surface area (Å²) >= 11 is 3.32. The van der Waals surface area contributed by atoms with Crippen molar-refractivity contribution in [2.24, 2.45) is 0 Å². The molecule has 2 N–H and O–H groups in total. The molecule has 0 heterocycles. The van der Waals surface area contributed by atoms with E-state index in [1.165, 1.54) is 24.3 Å². The molecule has 5 nitrogen and oxygen atoms in total. The summed E-state index contributed by atoms with van der Waals surface area (Å²) in [6, 6.07) is 12.8. The molecule has 0 aromatic heterocycles. The first-order valence-electron chi connectivity index (χ1n) is 6.97. The minimum absolute atomic E-state index is 0.131. The summed E-state index contributed by atoms with van der Waals surface area (Å²) in [5.74, 6) is -0.298. The van der Waals surface area contributed by atoms with Crippen LogP contribution in [0, 0.1) is 0 Å². The van der Waals surface area contributed by atoms with Crippen molar-refractivity contribution in [1.82, 2.24) is 4.72 Å². The van der Waals surface area contributed by atoms with Crippen LogP contribution in [0.2, 0.25) is 0 Å². The molecule has 0 aliphatic heterocycles. The van der Waals surface area contributed by atoms with Gasteiger partial charge in [-0.05, 0) is 62.4 Å². The van der Waals surface area contributed by atoms with E-state index >= 15 is 0 Å². The van der Waals surface area contributed by atoms with E-state index in [1.54, 1.807) is 26.0 Å². The lowest BCUT2D eigenvalue weighted by atomic mass is 10.2. The summed E-state index contributed by atoms with van der Waals surface area (Å²) in [4.78, 5) is 12.3. The first kappa shape index (κ1) is 17.7. The molecule has 0 saturated heterocycles. The molecule has 0 atom stereocenters. The molecule has 0 saturated carbocycles. The van der Waals surface area contributed by atoms with E-state index < -0.39 is 10.0 Å². The number of sulfonamides is 1. The van der Waals surface area contributed by atoms with Crippen molar-refractivity contribution >= 4 is 37.5 Å². The number of carbonyl (C=O) groups is 1. The van der Waals surface area contributed by atoms with Gasteiger partial charge in [-0.25, -0.2) is 13.1 Å². The fourth-order valence-electron chi connectivity index (χ4n) is 1.90. The van der Waals surface area contributed by atoms with Crippen LogP contribution in [-0.2, 0) is 10.0 Å². The van der Waals surface area contributed by atoms with E-state index in [0.29, 0.717) is 11.3 Å². The van der Waals surface area contributed by atoms with Gasteiger partial charge in [0.15, 0.2) is 0 Å². The van der Waals surface area contributed by atoms with Crippen molar-refractivity contribution < 1.29 is 13.2 Å². The number of hydrogen-bond donors (Lipinski definition) is 2. The monoisotopic (exact) mass is 396 g/mol. The van der Waals surface area contributed by atoms with Gasteiger partial charge in [0.25, 0.3) is 5.91 Å². The van der Waals surface area contributed by atoms with Crippen LogP contribution < -0.4 is 10.0 Å². The number of hydrogen-bond acceptors (Lipinski definition) is 3. The third kappa shape index (κ3) is 4.89. The van der Waals surface area contributed by atoms with E-state index in [1.807, 2.05) is 12.1 Å². The van der Waals surface area contributed by atoms with E-state index in [0.717, 1.165) is 4.47 Å². The van der Waals surface area contributed by atoms with E-state index in [2.05, 4.69) is 26.0 Å². The molecule has 122 valence electrons. The number of rotatable bonds is 5. The summed E-state index contributed by atoms with van der Waals surface area (Å²) < 4.78 is 27.5. The molecule has 0 aliphatic carbocycles. The maximum Gasteiger partial charge on any atom is 0.255 e. The molecule has 2 rings (SSSR count). The van der Waals surface area contributed by atoms with Gasteiger partial charge < -0.3 is 5.32 Å². The average molecular weight is 397 g/mol. The Kier molecular flexibility index (Phi) is 5.56. The minimum Gasteiger partial charge on any atom is -0.322 e. The fourth-order valence-corrected chi connectivity index (χ4v) is 3.42. The van der Waals surface area contributed by atoms with Gasteiger partial charge in [0.1, 0.15) is 0 Å². The topological polar surface area (TPSA) is 75.3 Å². The van der Waals surface area contributed by atoms with Crippen molar-refractivity contribution in [3.05, 3.63) is 58.6 Å². The van der Waals surface area contributed by atoms with Gasteiger partial charge in [0.2, 0.25) is 10.0 Å². The van der Waals surface area contributed by atoms with Crippen LogP contribution in [-0.4, -0.2) is 20.4 Å². The first-order valence-corrected chi connectivity index (χ1v) is 9.25. The van der Waals surface area contributed by atoms with Gasteiger partial charge in [0.05, 0.1) is 4.90 Å². The first-order chi connectivity index (χ1) is 10.8. The zero-order valence-electron chi connectivity index (χ0n) is 12.7. The molecule has 0 bridgehead atoms. The second-order valence-electron chi connectivity index (χ2n) is 5.26. The molecular formula is C16H17BrN2O3S. The van der Waals surface area contributed by atoms with E-state index in [4.69, 9.17) is 0 Å². The van der Waals surface area contributed by atoms with E-state index in [-0.39, 0.29) is 16.8 Å². The highest BCUT2D eigenvalue weighted by atomic mass is 79.9. The molecule has 0 spiro atoms. The Morgan fingerprint density at radius 2 is 1.57 bits per heavy atom. The normalized spacial score (nSPS) is 11.5. The number of benzene rings is 2. The van der Waals surface area contributed by atoms with Crippen molar-refractivity contribution in [2.45, 2.75) is 24.8 Å². The second kappa shape index (κ2) is 7.25. The van der Waals surface area contributed by atoms with Gasteiger partial charge in [-0.1, -0.05) is 15.9 Å². The summed E-state index contributed by atoms with van der Waals surface area (Å²) in [6.45, 7) is 3.50. The van der Waals surface area contributed by atoms with Gasteiger partial charge in [-0.2, -0.15) is 0 Å². The highest BCUT2D eigenvalue weighted by Gasteiger charge is 2.16. The lowest BCUT2D eigenvalue weighted by Gasteiger charge is -2.10. The Hall–Kier alpha value is -1.70. The number of halogens is 1. The van der Waals surface area contributed by atoms with Crippen LogP contribution >= 0.6 is 15.9 Å². The molecule has 0 unspecified atom stereocenters. The van der Waals surface area contributed by atoms with Crippen LogP contribution in [0.1, 0.15) is 24.2 Å². The zero-order valence-corrected chi connectivity index (χ0v) is 15.1. The molecule has 23 heavy (non-hydrogen) atoms. The van der Waals surface area contributed by atoms with Crippen molar-refractivity contribution in [2.75, 3.05) is 5.32 Å². The van der Waals surface area contributed by atoms with E-state index in [9.17, 15) is 13.2 Å². The highest BCUT2D eigenvalue weighted by Crippen LogP contribution is 2.16. The van der Waals surface area contributed by atoms with Crippen LogP contribution in [0.3, 0.4) is 0 Å². The molecule has 0 fully saturated rings. The quantitative estimate of drug-likeness (QED) is 0.812. The van der Waals surface area contributed by atoms with Crippen LogP contribution in [0.4, 0.5) is 5.69 Å². The van der Waals surface area contributed by atoms with Crippen LogP contribution in [0.15, 0.2) is 57.9 Å². The zero-order chi connectivity index (χ0) is 17.0. The Morgan fingerprint density at radius 1 is 1.00 bits per heavy atom. The predicted molar refractivity (Wildman–Crippen MR) is 94.0 cm³/mol. The molecule has 2 aromatic rings. The third-order valence-electron chi connectivity index (χ3n) is 2.92. The number of nitrogens with one attached hydrogen (secondary N) is 2. The summed E-state index contributed by atoms with van der Waals surface area (Å²) in [6.07, 6.45) is 0. The fraction of sp³-hybridized carbons (Fsp3) is 0.188. The standard InChI is InChI=1S/C16H17BrN2O3S/c1-11(2)19-23(21,22)15-9-3-12(4-10-15)16(20)18-14-7-5-13(17)6-8-14/h3-11,19H,1-2H3,(H,18,20). The SMILES string of the molecule is CC(C)NS(=O)(=O)c1ccc(C(=O)Nc2ccc(Br)cc2)cc1. The number of anilines is 1. The minimum atomic E-state index is -3.55. The van der Waals surface area contributed by atoms with Gasteiger partial charge in [-0.15, -0.1) is 0 Å². The average Bonchev–Trinajstić information content (AvgIpc) is 2.48. The number of amides is 1. The summed E-state index contributed by atoms with van der Waals surface area (Å²) in [5.41, 5.74) is 1.05. The number of carbonyl (C=O) groups excluding carboxylic acids is 1. The second-order valence-corrected chi connectivity index (χ2v) is 7.89. The van der Waals surface area contributed by atoms with Gasteiger partial charge >= 0.3 is 0 Å². The van der Waals surface area contributed by atoms with Crippen molar-refractivity contribution in [3.8, 4) is 0 Å². The Balaban J connectivity index is 2.13. The largest absolute Gasteiger partial charge is 0.322 e. The third-order valence-corrected chi connectivity index (χ3v) is 5.12. The molecule has 1 amide bonds. The Bertz CT molecular complexity index is 785. The lowest BCUT2D eigenvalue weighted by molar-refractivity contribution is 0.102. The predicted octanol–water partition coefficient (Wildman–Crippen LogP) is 3.39. The molecule has 7 heteroatoms. The summed E-state index contributed by atoms with van der Waals surface area (Å²) in [7, 11) is -3.55. The van der Waals surface area contributed by atoms with Crippen molar-refractivity contribution in [1.29, 1.82) is 0 Å². The van der Waals surface area contributed by atoms with Crippen molar-refractivity contribution in [3.63, 3.8) is 0 Å². The van der Waals surface area contributed by atoms with Crippen LogP contribution in [0.5, 0.6) is 0 Å². The lowest BCUT2D eigenvalue weighted by Crippen LogP contribution is -2.30.